The van der Waals surface area contributed by atoms with Gasteiger partial charge in [-0.2, -0.15) is 0 Å². The molecular weight excluding hydrogens is 172 g/mol. The van der Waals surface area contributed by atoms with Crippen LogP contribution in [0.4, 0.5) is 0 Å². The van der Waals surface area contributed by atoms with Crippen molar-refractivity contribution < 1.29 is 4.79 Å². The molecule has 2 rings (SSSR count). The molecule has 1 saturated carbocycles. The Morgan fingerprint density at radius 1 is 1.21 bits per heavy atom. The van der Waals surface area contributed by atoms with Crippen molar-refractivity contribution in [2.24, 2.45) is 0 Å². The fraction of sp³-hybridized carbons (Fsp3) is 0.462. The molecule has 0 aromatic heterocycles. The molecule has 1 aliphatic rings. The highest BCUT2D eigenvalue weighted by Gasteiger charge is 2.42. The van der Waals surface area contributed by atoms with Crippen molar-refractivity contribution in [2.75, 3.05) is 0 Å². The zero-order valence-corrected chi connectivity index (χ0v) is 8.41. The number of rotatable bonds is 5. The molecule has 1 fully saturated rings. The summed E-state index contributed by atoms with van der Waals surface area (Å²) in [5.74, 6) is 0. The van der Waals surface area contributed by atoms with Gasteiger partial charge in [0.1, 0.15) is 6.29 Å². The minimum Gasteiger partial charge on any atom is -0.303 e. The fourth-order valence-electron chi connectivity index (χ4n) is 2.15. The van der Waals surface area contributed by atoms with Crippen LogP contribution in [-0.2, 0) is 10.2 Å². The van der Waals surface area contributed by atoms with Crippen LogP contribution in [0.1, 0.15) is 37.7 Å². The largest absolute Gasteiger partial charge is 0.303 e. The standard InChI is InChI=1S/C13H16O/c14-11-5-4-8-13(9-10-13)12-6-2-1-3-7-12/h1-3,6-7,11H,4-5,8-10H2. The number of carbonyl (C=O) groups is 1. The Labute approximate surface area is 85.1 Å². The molecule has 0 amide bonds. The molecule has 1 nitrogen and oxygen atoms in total. The van der Waals surface area contributed by atoms with Crippen LogP contribution in [0.3, 0.4) is 0 Å². The minimum absolute atomic E-state index is 0.435. The summed E-state index contributed by atoms with van der Waals surface area (Å²) in [6.07, 6.45) is 6.57. The van der Waals surface area contributed by atoms with Crippen LogP contribution < -0.4 is 0 Å². The molecule has 1 heteroatoms. The molecule has 74 valence electrons. The first-order valence-electron chi connectivity index (χ1n) is 5.37. The summed E-state index contributed by atoms with van der Waals surface area (Å²) in [5.41, 5.74) is 1.90. The van der Waals surface area contributed by atoms with Gasteiger partial charge in [-0.05, 0) is 36.7 Å². The molecule has 1 aromatic rings. The second kappa shape index (κ2) is 3.95. The van der Waals surface area contributed by atoms with E-state index in [0.717, 1.165) is 12.7 Å². The third-order valence-electron chi connectivity index (χ3n) is 3.22. The van der Waals surface area contributed by atoms with E-state index in [2.05, 4.69) is 30.3 Å². The molecule has 0 N–H and O–H groups in total. The summed E-state index contributed by atoms with van der Waals surface area (Å²) in [7, 11) is 0. The monoisotopic (exact) mass is 188 g/mol. The van der Waals surface area contributed by atoms with Crippen LogP contribution in [0.2, 0.25) is 0 Å². The minimum atomic E-state index is 0.435. The number of carbonyl (C=O) groups excluding carboxylic acids is 1. The highest BCUT2D eigenvalue weighted by atomic mass is 16.1. The predicted octanol–water partition coefficient (Wildman–Crippen LogP) is 3.09. The fourth-order valence-corrected chi connectivity index (χ4v) is 2.15. The molecule has 0 aliphatic heterocycles. The molecule has 0 saturated heterocycles. The van der Waals surface area contributed by atoms with Crippen molar-refractivity contribution in [3.05, 3.63) is 35.9 Å². The number of hydrogen-bond acceptors (Lipinski definition) is 1. The molecule has 14 heavy (non-hydrogen) atoms. The first kappa shape index (κ1) is 9.45. The molecule has 0 atom stereocenters. The number of benzene rings is 1. The van der Waals surface area contributed by atoms with E-state index in [1.807, 2.05) is 0 Å². The highest BCUT2D eigenvalue weighted by Crippen LogP contribution is 2.51. The number of hydrogen-bond donors (Lipinski definition) is 0. The quantitative estimate of drug-likeness (QED) is 0.512. The van der Waals surface area contributed by atoms with E-state index >= 15 is 0 Å². The second-order valence-corrected chi connectivity index (χ2v) is 4.21. The van der Waals surface area contributed by atoms with Gasteiger partial charge in [-0.3, -0.25) is 0 Å². The van der Waals surface area contributed by atoms with Crippen molar-refractivity contribution in [2.45, 2.75) is 37.5 Å². The maximum absolute atomic E-state index is 10.2. The van der Waals surface area contributed by atoms with Gasteiger partial charge in [0.05, 0.1) is 0 Å². The molecular formula is C13H16O. The number of unbranched alkanes of at least 4 members (excludes halogenated alkanes) is 1. The van der Waals surface area contributed by atoms with Gasteiger partial charge in [-0.1, -0.05) is 30.3 Å². The van der Waals surface area contributed by atoms with Crippen LogP contribution in [0.15, 0.2) is 30.3 Å². The van der Waals surface area contributed by atoms with Gasteiger partial charge in [-0.25, -0.2) is 0 Å². The van der Waals surface area contributed by atoms with E-state index in [1.165, 1.54) is 24.8 Å². The molecule has 1 aliphatic carbocycles. The molecule has 0 bridgehead atoms. The van der Waals surface area contributed by atoms with Crippen molar-refractivity contribution in [1.29, 1.82) is 0 Å². The van der Waals surface area contributed by atoms with Crippen LogP contribution in [0.5, 0.6) is 0 Å². The van der Waals surface area contributed by atoms with Gasteiger partial charge in [0.15, 0.2) is 0 Å². The third-order valence-corrected chi connectivity index (χ3v) is 3.22. The summed E-state index contributed by atoms with van der Waals surface area (Å²) in [5, 5.41) is 0. The Kier molecular flexibility index (Phi) is 2.67. The average molecular weight is 188 g/mol. The Bertz CT molecular complexity index is 298. The van der Waals surface area contributed by atoms with Crippen molar-refractivity contribution in [1.82, 2.24) is 0 Å². The van der Waals surface area contributed by atoms with Crippen LogP contribution >= 0.6 is 0 Å². The van der Waals surface area contributed by atoms with Gasteiger partial charge in [0.2, 0.25) is 0 Å². The van der Waals surface area contributed by atoms with Crippen molar-refractivity contribution in [3.63, 3.8) is 0 Å². The summed E-state index contributed by atoms with van der Waals surface area (Å²) in [6, 6.07) is 10.7. The molecule has 0 heterocycles. The van der Waals surface area contributed by atoms with E-state index in [9.17, 15) is 4.79 Å². The lowest BCUT2D eigenvalue weighted by Crippen LogP contribution is -2.05. The van der Waals surface area contributed by atoms with Gasteiger partial charge < -0.3 is 4.79 Å². The topological polar surface area (TPSA) is 17.1 Å². The zero-order chi connectivity index (χ0) is 9.86. The first-order valence-corrected chi connectivity index (χ1v) is 5.37. The van der Waals surface area contributed by atoms with Crippen molar-refractivity contribution >= 4 is 6.29 Å². The molecule has 0 radical (unpaired) electrons. The Balaban J connectivity index is 1.99. The lowest BCUT2D eigenvalue weighted by molar-refractivity contribution is -0.107. The third kappa shape index (κ3) is 1.87. The average Bonchev–Trinajstić information content (AvgIpc) is 3.01. The Hall–Kier alpha value is -1.11. The zero-order valence-electron chi connectivity index (χ0n) is 8.41. The SMILES string of the molecule is O=CCCCC1(c2ccccc2)CC1. The van der Waals surface area contributed by atoms with Gasteiger partial charge in [0.25, 0.3) is 0 Å². The lowest BCUT2D eigenvalue weighted by atomic mass is 9.90. The number of aldehydes is 1. The summed E-state index contributed by atoms with van der Waals surface area (Å²) < 4.78 is 0. The van der Waals surface area contributed by atoms with E-state index in [4.69, 9.17) is 0 Å². The van der Waals surface area contributed by atoms with Crippen LogP contribution in [0, 0.1) is 0 Å². The molecule has 1 aromatic carbocycles. The van der Waals surface area contributed by atoms with Crippen molar-refractivity contribution in [3.8, 4) is 0 Å². The maximum atomic E-state index is 10.2. The summed E-state index contributed by atoms with van der Waals surface area (Å²) >= 11 is 0. The summed E-state index contributed by atoms with van der Waals surface area (Å²) in [6.45, 7) is 0. The second-order valence-electron chi connectivity index (χ2n) is 4.21. The summed E-state index contributed by atoms with van der Waals surface area (Å²) in [4.78, 5) is 10.2. The van der Waals surface area contributed by atoms with E-state index < -0.39 is 0 Å². The Morgan fingerprint density at radius 2 is 1.93 bits per heavy atom. The maximum Gasteiger partial charge on any atom is 0.119 e. The smallest absolute Gasteiger partial charge is 0.119 e. The lowest BCUT2D eigenvalue weighted by Gasteiger charge is -2.14. The predicted molar refractivity (Wildman–Crippen MR) is 57.3 cm³/mol. The van der Waals surface area contributed by atoms with E-state index in [1.54, 1.807) is 0 Å². The van der Waals surface area contributed by atoms with Gasteiger partial charge >= 0.3 is 0 Å². The van der Waals surface area contributed by atoms with Crippen LogP contribution in [-0.4, -0.2) is 6.29 Å². The molecule has 0 unspecified atom stereocenters. The van der Waals surface area contributed by atoms with E-state index in [0.29, 0.717) is 11.8 Å². The molecule has 0 spiro atoms. The Morgan fingerprint density at radius 3 is 2.50 bits per heavy atom. The highest BCUT2D eigenvalue weighted by molar-refractivity contribution is 5.49. The first-order chi connectivity index (χ1) is 6.87. The normalized spacial score (nSPS) is 17.7. The van der Waals surface area contributed by atoms with Gasteiger partial charge in [0, 0.05) is 6.42 Å². The van der Waals surface area contributed by atoms with E-state index in [-0.39, 0.29) is 0 Å². The van der Waals surface area contributed by atoms with Gasteiger partial charge in [-0.15, -0.1) is 0 Å². The van der Waals surface area contributed by atoms with Crippen LogP contribution in [0.25, 0.3) is 0 Å².